The second kappa shape index (κ2) is 8.47. The quantitative estimate of drug-likeness (QED) is 0.494. The van der Waals surface area contributed by atoms with E-state index in [0.717, 1.165) is 12.0 Å². The summed E-state index contributed by atoms with van der Waals surface area (Å²) >= 11 is 11.7. The van der Waals surface area contributed by atoms with Gasteiger partial charge in [0.15, 0.2) is 0 Å². The van der Waals surface area contributed by atoms with Crippen molar-refractivity contribution in [3.63, 3.8) is 0 Å². The van der Waals surface area contributed by atoms with Gasteiger partial charge in [-0.2, -0.15) is 5.10 Å². The fourth-order valence-corrected chi connectivity index (χ4v) is 2.13. The van der Waals surface area contributed by atoms with Gasteiger partial charge in [0.2, 0.25) is 0 Å². The van der Waals surface area contributed by atoms with Crippen LogP contribution in [-0.4, -0.2) is 18.0 Å². The number of aryl methyl sites for hydroxylation is 1. The molecule has 0 fully saturated rings. The van der Waals surface area contributed by atoms with Crippen LogP contribution in [-0.2, 0) is 16.0 Å². The highest BCUT2D eigenvalue weighted by Crippen LogP contribution is 2.21. The zero-order valence-corrected chi connectivity index (χ0v) is 14.4. The first-order valence-corrected chi connectivity index (χ1v) is 7.93. The molecule has 24 heavy (non-hydrogen) atoms. The third kappa shape index (κ3) is 5.08. The van der Waals surface area contributed by atoms with Gasteiger partial charge in [0.1, 0.15) is 0 Å². The number of amides is 2. The molecule has 124 valence electrons. The summed E-state index contributed by atoms with van der Waals surface area (Å²) in [7, 11) is 0. The molecular weight excluding hydrogens is 349 g/mol. The smallest absolute Gasteiger partial charge is 0.318 e. The molecule has 0 saturated carbocycles. The van der Waals surface area contributed by atoms with Crippen LogP contribution in [0.4, 0.5) is 5.69 Å². The fraction of sp³-hybridized carbons (Fsp3) is 0.118. The Morgan fingerprint density at radius 3 is 2.38 bits per heavy atom. The fourth-order valence-electron chi connectivity index (χ4n) is 1.82. The summed E-state index contributed by atoms with van der Waals surface area (Å²) < 4.78 is 0. The molecule has 0 spiro atoms. The SMILES string of the molecule is CCc1ccc(NC(=O)C(=O)N/N=C/c2ccc(Cl)c(Cl)c2)cc1. The van der Waals surface area contributed by atoms with Crippen LogP contribution in [0.2, 0.25) is 10.0 Å². The third-order valence-electron chi connectivity index (χ3n) is 3.15. The van der Waals surface area contributed by atoms with Crippen LogP contribution in [0.15, 0.2) is 47.6 Å². The minimum absolute atomic E-state index is 0.375. The minimum Gasteiger partial charge on any atom is -0.318 e. The van der Waals surface area contributed by atoms with Gasteiger partial charge in [-0.3, -0.25) is 9.59 Å². The van der Waals surface area contributed by atoms with Crippen LogP contribution in [0.1, 0.15) is 18.1 Å². The number of hydrazone groups is 1. The summed E-state index contributed by atoms with van der Waals surface area (Å²) in [4.78, 5) is 23.5. The van der Waals surface area contributed by atoms with E-state index in [9.17, 15) is 9.59 Å². The molecule has 0 bridgehead atoms. The molecule has 0 unspecified atom stereocenters. The summed E-state index contributed by atoms with van der Waals surface area (Å²) in [6.45, 7) is 2.03. The Hall–Kier alpha value is -2.37. The molecule has 2 N–H and O–H groups in total. The van der Waals surface area contributed by atoms with Gasteiger partial charge in [-0.25, -0.2) is 5.43 Å². The summed E-state index contributed by atoms with van der Waals surface area (Å²) in [5, 5.41) is 7.01. The number of halogens is 2. The second-order valence-electron chi connectivity index (χ2n) is 4.88. The Balaban J connectivity index is 1.89. The van der Waals surface area contributed by atoms with Crippen molar-refractivity contribution in [2.45, 2.75) is 13.3 Å². The molecule has 7 heteroatoms. The number of hydrogen-bond acceptors (Lipinski definition) is 3. The molecule has 2 rings (SSSR count). The largest absolute Gasteiger partial charge is 0.329 e. The lowest BCUT2D eigenvalue weighted by molar-refractivity contribution is -0.136. The van der Waals surface area contributed by atoms with Crippen molar-refractivity contribution in [3.8, 4) is 0 Å². The van der Waals surface area contributed by atoms with Crippen molar-refractivity contribution >= 4 is 46.9 Å². The van der Waals surface area contributed by atoms with Gasteiger partial charge in [-0.05, 0) is 41.8 Å². The molecular formula is C17H15Cl2N3O2. The van der Waals surface area contributed by atoms with Gasteiger partial charge < -0.3 is 5.32 Å². The van der Waals surface area contributed by atoms with Gasteiger partial charge in [-0.15, -0.1) is 0 Å². The molecule has 0 aliphatic rings. The Kier molecular flexibility index (Phi) is 6.35. The number of carbonyl (C=O) groups excluding carboxylic acids is 2. The Bertz CT molecular complexity index is 774. The maximum absolute atomic E-state index is 11.8. The summed E-state index contributed by atoms with van der Waals surface area (Å²) in [5.41, 5.74) is 4.47. The normalized spacial score (nSPS) is 10.6. The first-order chi connectivity index (χ1) is 11.5. The zero-order chi connectivity index (χ0) is 17.5. The van der Waals surface area contributed by atoms with Crippen LogP contribution < -0.4 is 10.7 Å². The Morgan fingerprint density at radius 1 is 1.04 bits per heavy atom. The first-order valence-electron chi connectivity index (χ1n) is 7.18. The molecule has 0 heterocycles. The van der Waals surface area contributed by atoms with Crippen LogP contribution in [0.25, 0.3) is 0 Å². The molecule has 2 aromatic rings. The highest BCUT2D eigenvalue weighted by atomic mass is 35.5. The number of rotatable bonds is 4. The van der Waals surface area contributed by atoms with Crippen LogP contribution >= 0.6 is 23.2 Å². The molecule has 0 saturated heterocycles. The predicted molar refractivity (Wildman–Crippen MR) is 96.6 cm³/mol. The summed E-state index contributed by atoms with van der Waals surface area (Å²) in [5.74, 6) is -1.67. The van der Waals surface area contributed by atoms with Crippen molar-refractivity contribution in [3.05, 3.63) is 63.6 Å². The van der Waals surface area contributed by atoms with E-state index in [1.54, 1.807) is 30.3 Å². The first kappa shape index (κ1) is 18.0. The summed E-state index contributed by atoms with van der Waals surface area (Å²) in [6, 6.07) is 12.1. The Morgan fingerprint density at radius 2 is 1.75 bits per heavy atom. The molecule has 0 aliphatic heterocycles. The zero-order valence-electron chi connectivity index (χ0n) is 12.8. The number of benzene rings is 2. The monoisotopic (exact) mass is 363 g/mol. The average molecular weight is 364 g/mol. The standard InChI is InChI=1S/C17H15Cl2N3O2/c1-2-11-3-6-13(7-4-11)21-16(23)17(24)22-20-10-12-5-8-14(18)15(19)9-12/h3-10H,2H2,1H3,(H,21,23)(H,22,24)/b20-10+. The number of hydrogen-bond donors (Lipinski definition) is 2. The van der Waals surface area contributed by atoms with E-state index < -0.39 is 11.8 Å². The second-order valence-corrected chi connectivity index (χ2v) is 5.69. The number of anilines is 1. The minimum atomic E-state index is -0.870. The maximum atomic E-state index is 11.8. The predicted octanol–water partition coefficient (Wildman–Crippen LogP) is 3.64. The van der Waals surface area contributed by atoms with Crippen LogP contribution in [0.5, 0.6) is 0 Å². The topological polar surface area (TPSA) is 70.6 Å². The maximum Gasteiger partial charge on any atom is 0.329 e. The lowest BCUT2D eigenvalue weighted by atomic mass is 10.1. The van der Waals surface area contributed by atoms with Crippen molar-refractivity contribution in [2.24, 2.45) is 5.10 Å². The van der Waals surface area contributed by atoms with Gasteiger partial charge in [-0.1, -0.05) is 48.3 Å². The third-order valence-corrected chi connectivity index (χ3v) is 3.89. The van der Waals surface area contributed by atoms with Gasteiger partial charge >= 0.3 is 11.8 Å². The molecule has 0 aliphatic carbocycles. The van der Waals surface area contributed by atoms with Crippen molar-refractivity contribution in [1.82, 2.24) is 5.43 Å². The lowest BCUT2D eigenvalue weighted by Crippen LogP contribution is -2.32. The number of nitrogens with one attached hydrogen (secondary N) is 2. The van der Waals surface area contributed by atoms with E-state index in [4.69, 9.17) is 23.2 Å². The highest BCUT2D eigenvalue weighted by Gasteiger charge is 2.12. The van der Waals surface area contributed by atoms with E-state index in [2.05, 4.69) is 15.8 Å². The van der Waals surface area contributed by atoms with E-state index in [-0.39, 0.29) is 0 Å². The van der Waals surface area contributed by atoms with Crippen LogP contribution in [0.3, 0.4) is 0 Å². The van der Waals surface area contributed by atoms with E-state index >= 15 is 0 Å². The molecule has 2 aromatic carbocycles. The molecule has 5 nitrogen and oxygen atoms in total. The summed E-state index contributed by atoms with van der Waals surface area (Å²) in [6.07, 6.45) is 2.27. The van der Waals surface area contributed by atoms with Gasteiger partial charge in [0.25, 0.3) is 0 Å². The number of nitrogens with zero attached hydrogens (tertiary/aromatic N) is 1. The molecule has 0 aromatic heterocycles. The van der Waals surface area contributed by atoms with E-state index in [1.165, 1.54) is 6.21 Å². The number of carbonyl (C=O) groups is 2. The van der Waals surface area contributed by atoms with Gasteiger partial charge in [0.05, 0.1) is 16.3 Å². The van der Waals surface area contributed by atoms with E-state index in [1.807, 2.05) is 19.1 Å². The van der Waals surface area contributed by atoms with Gasteiger partial charge in [0, 0.05) is 5.69 Å². The molecule has 2 amide bonds. The van der Waals surface area contributed by atoms with Crippen molar-refractivity contribution in [1.29, 1.82) is 0 Å². The van der Waals surface area contributed by atoms with E-state index in [0.29, 0.717) is 21.3 Å². The molecule has 0 radical (unpaired) electrons. The molecule has 0 atom stereocenters. The Labute approximate surface area is 149 Å². The van der Waals surface area contributed by atoms with Crippen molar-refractivity contribution in [2.75, 3.05) is 5.32 Å². The van der Waals surface area contributed by atoms with Crippen molar-refractivity contribution < 1.29 is 9.59 Å². The average Bonchev–Trinajstić information content (AvgIpc) is 2.58. The highest BCUT2D eigenvalue weighted by molar-refractivity contribution is 6.42. The lowest BCUT2D eigenvalue weighted by Gasteiger charge is -2.04. The van der Waals surface area contributed by atoms with Crippen LogP contribution in [0, 0.1) is 0 Å².